The van der Waals surface area contributed by atoms with Crippen LogP contribution in [0.5, 0.6) is 0 Å². The standard InChI is InChI=1S/C37H31N3O.C24H26/c1-5-8-13-25(7-3)36-38-34(23-31-30-21-24(4)19-20-33(30)41-32(31)18-9-6-2)39-37(40-36)29-17-12-15-27-22-26-14-10-11-16-28(26)35(27)29;1-7-11-19-21-15-20(18-13-10-9-12-16(18)3)17(4)14-23(21)24(5,6)22(19)8-2/h5-21,23H,1,22H2,2-4H3;7-15H,1H2,2-6H3/b9-6-,13-8-,25-7+,31-23?,32-18+;19-11-,22-8+. The second kappa shape index (κ2) is 18.7. The number of allylic oxidation sites excluding steroid dienone is 12. The number of fused-ring (bicyclic) bond motifs is 5. The molecule has 0 amide bonds. The normalized spacial score (nSPS) is 15.8. The molecule has 0 bridgehead atoms. The molecule has 65 heavy (non-hydrogen) atoms. The highest BCUT2D eigenvalue weighted by Gasteiger charge is 2.38. The number of rotatable bonds is 8. The van der Waals surface area contributed by atoms with Crippen LogP contribution in [0.3, 0.4) is 0 Å². The Morgan fingerprint density at radius 2 is 1.45 bits per heavy atom. The Labute approximate surface area is 384 Å². The number of aromatic nitrogens is 3. The van der Waals surface area contributed by atoms with Crippen LogP contribution >= 0.6 is 0 Å². The van der Waals surface area contributed by atoms with Crippen LogP contribution in [0.1, 0.15) is 85.2 Å². The molecule has 0 spiro atoms. The van der Waals surface area contributed by atoms with Gasteiger partial charge in [-0.3, -0.25) is 0 Å². The van der Waals surface area contributed by atoms with E-state index in [4.69, 9.17) is 19.4 Å². The third-order valence-electron chi connectivity index (χ3n) is 12.6. The fourth-order valence-electron chi connectivity index (χ4n) is 9.44. The Morgan fingerprint density at radius 3 is 2.18 bits per heavy atom. The molecule has 0 unspecified atom stereocenters. The third-order valence-corrected chi connectivity index (χ3v) is 12.6. The van der Waals surface area contributed by atoms with E-state index in [-0.39, 0.29) is 5.41 Å². The molecule has 0 N–H and O–H groups in total. The van der Waals surface area contributed by atoms with Crippen LogP contribution in [-0.4, -0.2) is 15.0 Å². The first-order valence-electron chi connectivity index (χ1n) is 22.5. The Hall–Kier alpha value is -7.43. The van der Waals surface area contributed by atoms with Crippen molar-refractivity contribution < 1.29 is 4.42 Å². The lowest BCUT2D eigenvalue weighted by molar-refractivity contribution is 0.575. The van der Waals surface area contributed by atoms with Crippen molar-refractivity contribution in [2.24, 2.45) is 0 Å². The minimum Gasteiger partial charge on any atom is -0.456 e. The first kappa shape index (κ1) is 44.2. The Balaban J connectivity index is 0.000000204. The summed E-state index contributed by atoms with van der Waals surface area (Å²) in [6.45, 7) is 25.0. The number of hydrogen-bond acceptors (Lipinski definition) is 4. The van der Waals surface area contributed by atoms with Gasteiger partial charge in [-0.05, 0) is 145 Å². The molecule has 2 heterocycles. The number of nitrogens with zero attached hydrogens (tertiary/aromatic N) is 3. The summed E-state index contributed by atoms with van der Waals surface area (Å²) in [6.07, 6.45) is 22.8. The molecule has 2 aliphatic carbocycles. The molecule has 9 rings (SSSR count). The van der Waals surface area contributed by atoms with Crippen LogP contribution < -0.4 is 10.6 Å². The predicted molar refractivity (Wildman–Crippen MR) is 276 cm³/mol. The van der Waals surface area contributed by atoms with Gasteiger partial charge in [0.2, 0.25) is 0 Å². The third kappa shape index (κ3) is 8.53. The van der Waals surface area contributed by atoms with Crippen molar-refractivity contribution in [3.05, 3.63) is 232 Å². The van der Waals surface area contributed by atoms with Crippen molar-refractivity contribution in [3.8, 4) is 33.6 Å². The molecule has 2 aromatic heterocycles. The summed E-state index contributed by atoms with van der Waals surface area (Å²) in [5, 5.41) is 1.97. The summed E-state index contributed by atoms with van der Waals surface area (Å²) < 4.78 is 6.25. The Bertz CT molecular complexity index is 3310. The van der Waals surface area contributed by atoms with Crippen molar-refractivity contribution in [3.63, 3.8) is 0 Å². The molecule has 2 aliphatic rings. The van der Waals surface area contributed by atoms with Gasteiger partial charge in [0.25, 0.3) is 0 Å². The van der Waals surface area contributed by atoms with Crippen LogP contribution in [0.4, 0.5) is 0 Å². The van der Waals surface area contributed by atoms with Gasteiger partial charge < -0.3 is 4.42 Å². The Morgan fingerprint density at radius 1 is 0.692 bits per heavy atom. The van der Waals surface area contributed by atoms with Gasteiger partial charge in [0, 0.05) is 27.2 Å². The van der Waals surface area contributed by atoms with Gasteiger partial charge in [0.05, 0.1) is 0 Å². The molecule has 0 saturated heterocycles. The van der Waals surface area contributed by atoms with Gasteiger partial charge >= 0.3 is 0 Å². The maximum atomic E-state index is 6.25. The summed E-state index contributed by atoms with van der Waals surface area (Å²) >= 11 is 0. The molecular formula is C61H57N3O. The summed E-state index contributed by atoms with van der Waals surface area (Å²) in [5.41, 5.74) is 20.5. The minimum atomic E-state index is 0.0357. The summed E-state index contributed by atoms with van der Waals surface area (Å²) in [6, 6.07) is 34.6. The van der Waals surface area contributed by atoms with E-state index in [9.17, 15) is 0 Å². The van der Waals surface area contributed by atoms with Gasteiger partial charge in [-0.1, -0.05) is 166 Å². The molecule has 0 radical (unpaired) electrons. The van der Waals surface area contributed by atoms with Gasteiger partial charge in [0.1, 0.15) is 11.0 Å². The fraction of sp³-hybridized carbons (Fsp3) is 0.164. The summed E-state index contributed by atoms with van der Waals surface area (Å²) in [7, 11) is 0. The van der Waals surface area contributed by atoms with Gasteiger partial charge in [-0.2, -0.15) is 0 Å². The SMILES string of the molecule is C=C/C=C1\C(=C/C)C(C)(C)c2cc(C)c(-c3ccccc3C)cc21.C=C/C=C\C(=C/C)c1nc(C=c2/c(=C\C=C/C)oc3ccc(C)cc23)nc(-c2cccc3c2-c2ccccc2C3)n1. The van der Waals surface area contributed by atoms with Crippen molar-refractivity contribution >= 4 is 34.3 Å². The first-order chi connectivity index (χ1) is 31.5. The van der Waals surface area contributed by atoms with Crippen molar-refractivity contribution in [2.45, 2.75) is 67.2 Å². The minimum absolute atomic E-state index is 0.0357. The lowest BCUT2D eigenvalue weighted by Gasteiger charge is -2.22. The van der Waals surface area contributed by atoms with E-state index in [1.807, 2.05) is 68.5 Å². The summed E-state index contributed by atoms with van der Waals surface area (Å²) in [4.78, 5) is 15.0. The highest BCUT2D eigenvalue weighted by molar-refractivity contribution is 5.93. The average molecular weight is 848 g/mol. The number of hydrogen-bond donors (Lipinski definition) is 0. The van der Waals surface area contributed by atoms with Crippen molar-refractivity contribution in [1.82, 2.24) is 15.0 Å². The zero-order valence-electron chi connectivity index (χ0n) is 39.0. The monoisotopic (exact) mass is 847 g/mol. The highest BCUT2D eigenvalue weighted by Crippen LogP contribution is 2.51. The molecule has 4 heteroatoms. The van der Waals surface area contributed by atoms with E-state index < -0.39 is 0 Å². The average Bonchev–Trinajstić information content (AvgIpc) is 3.92. The van der Waals surface area contributed by atoms with Gasteiger partial charge in [-0.25, -0.2) is 15.0 Å². The topological polar surface area (TPSA) is 51.8 Å². The molecular weight excluding hydrogens is 791 g/mol. The number of aryl methyl sites for hydroxylation is 3. The Kier molecular flexibility index (Phi) is 12.7. The van der Waals surface area contributed by atoms with E-state index in [2.05, 4.69) is 158 Å². The molecule has 322 valence electrons. The predicted octanol–water partition coefficient (Wildman–Crippen LogP) is 14.3. The molecule has 0 saturated carbocycles. The fourth-order valence-corrected chi connectivity index (χ4v) is 9.44. The van der Waals surface area contributed by atoms with Crippen LogP contribution in [0.2, 0.25) is 0 Å². The summed E-state index contributed by atoms with van der Waals surface area (Å²) in [5.74, 6) is 1.82. The van der Waals surface area contributed by atoms with Crippen molar-refractivity contribution in [1.29, 1.82) is 0 Å². The van der Waals surface area contributed by atoms with Crippen LogP contribution in [0, 0.1) is 20.8 Å². The molecule has 4 nitrogen and oxygen atoms in total. The molecule has 0 aliphatic heterocycles. The molecule has 0 atom stereocenters. The second-order valence-corrected chi connectivity index (χ2v) is 17.2. The first-order valence-corrected chi connectivity index (χ1v) is 22.5. The van der Waals surface area contributed by atoms with Gasteiger partial charge in [-0.15, -0.1) is 0 Å². The van der Waals surface area contributed by atoms with Gasteiger partial charge in [0.15, 0.2) is 17.5 Å². The van der Waals surface area contributed by atoms with E-state index in [0.717, 1.165) is 44.7 Å². The van der Waals surface area contributed by atoms with Crippen LogP contribution in [0.15, 0.2) is 175 Å². The highest BCUT2D eigenvalue weighted by atomic mass is 16.3. The smallest absolute Gasteiger partial charge is 0.164 e. The zero-order valence-corrected chi connectivity index (χ0v) is 39.0. The van der Waals surface area contributed by atoms with Crippen LogP contribution in [0.25, 0.3) is 67.9 Å². The van der Waals surface area contributed by atoms with E-state index in [0.29, 0.717) is 17.5 Å². The maximum Gasteiger partial charge on any atom is 0.164 e. The second-order valence-electron chi connectivity index (χ2n) is 17.2. The van der Waals surface area contributed by atoms with Crippen LogP contribution in [-0.2, 0) is 11.8 Å². The quantitative estimate of drug-likeness (QED) is 0.143. The van der Waals surface area contributed by atoms with E-state index in [1.165, 1.54) is 66.8 Å². The largest absolute Gasteiger partial charge is 0.456 e. The van der Waals surface area contributed by atoms with Crippen molar-refractivity contribution in [2.75, 3.05) is 0 Å². The van der Waals surface area contributed by atoms with E-state index >= 15 is 0 Å². The molecule has 7 aromatic rings. The lowest BCUT2D eigenvalue weighted by Crippen LogP contribution is -2.20. The van der Waals surface area contributed by atoms with E-state index in [1.54, 1.807) is 6.08 Å². The molecule has 0 fully saturated rings. The zero-order chi connectivity index (χ0) is 45.8. The molecule has 5 aromatic carbocycles. The number of benzene rings is 5. The number of furan rings is 1. The maximum absolute atomic E-state index is 6.25. The lowest BCUT2D eigenvalue weighted by atomic mass is 9.81.